The number of H-pyrrole nitrogens is 2. The van der Waals surface area contributed by atoms with Crippen LogP contribution in [-0.2, 0) is 11.2 Å². The van der Waals surface area contributed by atoms with Crippen molar-refractivity contribution in [1.29, 1.82) is 0 Å². The molecule has 1 aromatic carbocycles. The van der Waals surface area contributed by atoms with Gasteiger partial charge in [-0.15, -0.1) is 0 Å². The number of benzene rings is 1. The number of aromatic amines is 2. The summed E-state index contributed by atoms with van der Waals surface area (Å²) in [4.78, 5) is 39.3. The third-order valence-electron chi connectivity index (χ3n) is 3.20. The number of rotatable bonds is 4. The monoisotopic (exact) mass is 378 g/mol. The van der Waals surface area contributed by atoms with Crippen LogP contribution >= 0.6 is 15.9 Å². The molecule has 0 unspecified atom stereocenters. The number of nitrogens with one attached hydrogen (secondary N) is 3. The fraction of sp³-hybridized carbons (Fsp3) is 0.200. The van der Waals surface area contributed by atoms with Crippen molar-refractivity contribution in [3.63, 3.8) is 0 Å². The summed E-state index contributed by atoms with van der Waals surface area (Å²) in [7, 11) is 0. The zero-order valence-corrected chi connectivity index (χ0v) is 14.2. The minimum absolute atomic E-state index is 0.172. The van der Waals surface area contributed by atoms with Crippen molar-refractivity contribution in [2.75, 3.05) is 0 Å². The summed E-state index contributed by atoms with van der Waals surface area (Å²) < 4.78 is 0.950. The average molecular weight is 379 g/mol. The van der Waals surface area contributed by atoms with Gasteiger partial charge in [0.05, 0.1) is 12.1 Å². The van der Waals surface area contributed by atoms with Gasteiger partial charge in [0.1, 0.15) is 0 Å². The maximum Gasteiger partial charge on any atom is 0.325 e. The first kappa shape index (κ1) is 16.9. The fourth-order valence-corrected chi connectivity index (χ4v) is 2.20. The van der Waals surface area contributed by atoms with Gasteiger partial charge in [-0.3, -0.25) is 14.6 Å². The van der Waals surface area contributed by atoms with E-state index in [1.165, 1.54) is 0 Å². The van der Waals surface area contributed by atoms with Gasteiger partial charge in [0.2, 0.25) is 5.91 Å². The highest BCUT2D eigenvalue weighted by atomic mass is 79.9. The van der Waals surface area contributed by atoms with E-state index in [0.29, 0.717) is 11.4 Å². The number of nitrogens with zero attached hydrogens (tertiary/aromatic N) is 1. The third kappa shape index (κ3) is 4.49. The van der Waals surface area contributed by atoms with Gasteiger partial charge in [-0.1, -0.05) is 28.1 Å². The predicted molar refractivity (Wildman–Crippen MR) is 90.6 cm³/mol. The summed E-state index contributed by atoms with van der Waals surface area (Å²) >= 11 is 3.35. The third-order valence-corrected chi connectivity index (χ3v) is 3.73. The Morgan fingerprint density at radius 3 is 2.48 bits per heavy atom. The molecule has 0 saturated carbocycles. The van der Waals surface area contributed by atoms with Crippen molar-refractivity contribution in [1.82, 2.24) is 15.4 Å². The van der Waals surface area contributed by atoms with Crippen molar-refractivity contribution >= 4 is 27.5 Å². The minimum atomic E-state index is -0.597. The highest BCUT2D eigenvalue weighted by Gasteiger charge is 2.11. The summed E-state index contributed by atoms with van der Waals surface area (Å²) in [6.45, 7) is 3.33. The lowest BCUT2D eigenvalue weighted by molar-refractivity contribution is -0.120. The second kappa shape index (κ2) is 7.19. The van der Waals surface area contributed by atoms with Crippen LogP contribution in [0, 0.1) is 6.92 Å². The van der Waals surface area contributed by atoms with E-state index in [1.807, 2.05) is 24.3 Å². The van der Waals surface area contributed by atoms with E-state index in [0.717, 1.165) is 10.0 Å². The van der Waals surface area contributed by atoms with Crippen LogP contribution in [-0.4, -0.2) is 21.6 Å². The van der Waals surface area contributed by atoms with Crippen LogP contribution in [0.25, 0.3) is 0 Å². The number of carbonyl (C=O) groups is 1. The normalized spacial score (nSPS) is 11.3. The first-order chi connectivity index (χ1) is 10.9. The standard InChI is InChI=1S/C15H15BrN4O3/c1-8(10-3-5-11(16)6-4-10)19-20-13(21)7-12-9(2)17-15(23)18-14(12)22/h3-6H,7H2,1-2H3,(H,20,21)(H2,17,18,22,23)/b19-8-. The van der Waals surface area contributed by atoms with E-state index < -0.39 is 17.2 Å². The van der Waals surface area contributed by atoms with Gasteiger partial charge < -0.3 is 4.98 Å². The molecule has 0 atom stereocenters. The molecule has 1 amide bonds. The molecule has 8 heteroatoms. The van der Waals surface area contributed by atoms with E-state index in [9.17, 15) is 14.4 Å². The number of carbonyl (C=O) groups excluding carboxylic acids is 1. The van der Waals surface area contributed by atoms with Crippen molar-refractivity contribution in [3.05, 3.63) is 66.4 Å². The van der Waals surface area contributed by atoms with E-state index in [-0.39, 0.29) is 12.0 Å². The molecule has 0 radical (unpaired) electrons. The quantitative estimate of drug-likeness (QED) is 0.549. The molecule has 0 aliphatic rings. The molecule has 0 spiro atoms. The van der Waals surface area contributed by atoms with Crippen LogP contribution in [0.4, 0.5) is 0 Å². The van der Waals surface area contributed by atoms with Crippen LogP contribution < -0.4 is 16.7 Å². The van der Waals surface area contributed by atoms with E-state index in [4.69, 9.17) is 0 Å². The first-order valence-corrected chi connectivity index (χ1v) is 7.57. The van der Waals surface area contributed by atoms with Crippen LogP contribution in [0.15, 0.2) is 43.4 Å². The van der Waals surface area contributed by atoms with Gasteiger partial charge in [0.25, 0.3) is 5.56 Å². The maximum atomic E-state index is 11.9. The Balaban J connectivity index is 2.08. The lowest BCUT2D eigenvalue weighted by Crippen LogP contribution is -2.31. The van der Waals surface area contributed by atoms with Gasteiger partial charge in [-0.25, -0.2) is 10.2 Å². The molecule has 0 aliphatic heterocycles. The Bertz CT molecular complexity index is 866. The number of aromatic nitrogens is 2. The van der Waals surface area contributed by atoms with Crippen molar-refractivity contribution in [2.24, 2.45) is 5.10 Å². The van der Waals surface area contributed by atoms with Gasteiger partial charge in [0, 0.05) is 15.7 Å². The Morgan fingerprint density at radius 1 is 1.22 bits per heavy atom. The molecule has 2 aromatic rings. The summed E-state index contributed by atoms with van der Waals surface area (Å²) in [5, 5.41) is 4.01. The van der Waals surface area contributed by atoms with Gasteiger partial charge in [-0.2, -0.15) is 5.10 Å². The molecule has 3 N–H and O–H groups in total. The molecule has 120 valence electrons. The van der Waals surface area contributed by atoms with Crippen LogP contribution in [0.3, 0.4) is 0 Å². The van der Waals surface area contributed by atoms with Crippen molar-refractivity contribution in [3.8, 4) is 0 Å². The molecular formula is C15H15BrN4O3. The predicted octanol–water partition coefficient (Wildman–Crippen LogP) is 1.22. The second-order valence-electron chi connectivity index (χ2n) is 4.93. The summed E-state index contributed by atoms with van der Waals surface area (Å²) in [5.41, 5.74) is 3.31. The van der Waals surface area contributed by atoms with Gasteiger partial charge >= 0.3 is 5.69 Å². The zero-order valence-electron chi connectivity index (χ0n) is 12.6. The van der Waals surface area contributed by atoms with E-state index >= 15 is 0 Å². The molecule has 1 aromatic heterocycles. The second-order valence-corrected chi connectivity index (χ2v) is 5.84. The number of hydrazone groups is 1. The highest BCUT2D eigenvalue weighted by molar-refractivity contribution is 9.10. The minimum Gasteiger partial charge on any atom is -0.311 e. The first-order valence-electron chi connectivity index (χ1n) is 6.78. The Hall–Kier alpha value is -2.48. The summed E-state index contributed by atoms with van der Waals surface area (Å²) in [5.74, 6) is -0.442. The number of aryl methyl sites for hydroxylation is 1. The van der Waals surface area contributed by atoms with Gasteiger partial charge in [0.15, 0.2) is 0 Å². The average Bonchev–Trinajstić information content (AvgIpc) is 2.49. The smallest absolute Gasteiger partial charge is 0.311 e. The largest absolute Gasteiger partial charge is 0.325 e. The molecule has 0 fully saturated rings. The Kier molecular flexibility index (Phi) is 5.28. The van der Waals surface area contributed by atoms with Crippen molar-refractivity contribution < 1.29 is 4.79 Å². The van der Waals surface area contributed by atoms with E-state index in [1.54, 1.807) is 13.8 Å². The maximum absolute atomic E-state index is 11.9. The molecule has 0 aliphatic carbocycles. The van der Waals surface area contributed by atoms with Gasteiger partial charge in [-0.05, 0) is 31.5 Å². The Morgan fingerprint density at radius 2 is 1.87 bits per heavy atom. The lowest BCUT2D eigenvalue weighted by Gasteiger charge is -2.05. The fourth-order valence-electron chi connectivity index (χ4n) is 1.94. The summed E-state index contributed by atoms with van der Waals surface area (Å²) in [6, 6.07) is 7.48. The van der Waals surface area contributed by atoms with Crippen LogP contribution in [0.5, 0.6) is 0 Å². The molecule has 1 heterocycles. The molecular weight excluding hydrogens is 364 g/mol. The lowest BCUT2D eigenvalue weighted by atomic mass is 10.1. The number of hydrogen-bond acceptors (Lipinski definition) is 4. The van der Waals surface area contributed by atoms with E-state index in [2.05, 4.69) is 36.4 Å². The molecule has 23 heavy (non-hydrogen) atoms. The molecule has 7 nitrogen and oxygen atoms in total. The number of halogens is 1. The Labute approximate surface area is 140 Å². The molecule has 0 bridgehead atoms. The topological polar surface area (TPSA) is 107 Å². The number of hydrogen-bond donors (Lipinski definition) is 3. The SMILES string of the molecule is C/C(=N/NC(=O)Cc1c(C)[nH]c(=O)[nH]c1=O)c1ccc(Br)cc1. The highest BCUT2D eigenvalue weighted by Crippen LogP contribution is 2.11. The zero-order chi connectivity index (χ0) is 17.0. The van der Waals surface area contributed by atoms with Crippen molar-refractivity contribution in [2.45, 2.75) is 20.3 Å². The molecule has 2 rings (SSSR count). The number of amides is 1. The molecule has 0 saturated heterocycles. The van der Waals surface area contributed by atoms with Crippen LogP contribution in [0.2, 0.25) is 0 Å². The van der Waals surface area contributed by atoms with Crippen LogP contribution in [0.1, 0.15) is 23.7 Å². The summed E-state index contributed by atoms with van der Waals surface area (Å²) in [6.07, 6.45) is -0.172.